The standard InChI is InChI=1S/C10H15Cl3O3/c1-8(2,15)5-6-9(3,4)16-7(14)10(11,12)13/h7,14-15H,1-4H3/t7-/m1/s1. The molecule has 0 spiro atoms. The molecule has 0 saturated carbocycles. The summed E-state index contributed by atoms with van der Waals surface area (Å²) >= 11 is 16.3. The van der Waals surface area contributed by atoms with Crippen molar-refractivity contribution in [2.45, 2.75) is 49.0 Å². The Morgan fingerprint density at radius 2 is 1.50 bits per heavy atom. The number of alkyl halides is 3. The van der Waals surface area contributed by atoms with Gasteiger partial charge in [0.1, 0.15) is 11.2 Å². The highest BCUT2D eigenvalue weighted by Crippen LogP contribution is 2.32. The van der Waals surface area contributed by atoms with Crippen molar-refractivity contribution in [3.8, 4) is 11.8 Å². The van der Waals surface area contributed by atoms with Crippen molar-refractivity contribution in [1.82, 2.24) is 0 Å². The lowest BCUT2D eigenvalue weighted by Gasteiger charge is -2.27. The molecule has 0 aromatic carbocycles. The van der Waals surface area contributed by atoms with E-state index in [1.807, 2.05) is 0 Å². The summed E-state index contributed by atoms with van der Waals surface area (Å²) < 4.78 is 3.14. The highest BCUT2D eigenvalue weighted by molar-refractivity contribution is 6.67. The van der Waals surface area contributed by atoms with E-state index in [9.17, 15) is 10.2 Å². The van der Waals surface area contributed by atoms with E-state index in [-0.39, 0.29) is 0 Å². The average molecular weight is 290 g/mol. The predicted molar refractivity (Wildman–Crippen MR) is 65.5 cm³/mol. The number of aliphatic hydroxyl groups excluding tert-OH is 1. The first-order valence-electron chi connectivity index (χ1n) is 4.53. The maximum absolute atomic E-state index is 9.41. The normalized spacial score (nSPS) is 15.3. The van der Waals surface area contributed by atoms with Gasteiger partial charge in [0.2, 0.25) is 10.1 Å². The minimum Gasteiger partial charge on any atom is -0.378 e. The zero-order valence-electron chi connectivity index (χ0n) is 9.51. The van der Waals surface area contributed by atoms with Crippen LogP contribution in [-0.2, 0) is 4.74 Å². The molecule has 0 unspecified atom stereocenters. The van der Waals surface area contributed by atoms with Crippen LogP contribution in [0.3, 0.4) is 0 Å². The Morgan fingerprint density at radius 3 is 1.81 bits per heavy atom. The first kappa shape index (κ1) is 16.3. The Labute approximate surface area is 111 Å². The van der Waals surface area contributed by atoms with E-state index < -0.39 is 21.3 Å². The summed E-state index contributed by atoms with van der Waals surface area (Å²) in [4.78, 5) is 0. The van der Waals surface area contributed by atoms with Gasteiger partial charge in [-0.15, -0.1) is 0 Å². The number of halogens is 3. The van der Waals surface area contributed by atoms with Crippen molar-refractivity contribution in [3.05, 3.63) is 0 Å². The van der Waals surface area contributed by atoms with Crippen LogP contribution in [0, 0.1) is 11.8 Å². The van der Waals surface area contributed by atoms with Gasteiger partial charge >= 0.3 is 0 Å². The summed E-state index contributed by atoms with van der Waals surface area (Å²) in [7, 11) is 0. The largest absolute Gasteiger partial charge is 0.378 e. The fourth-order valence-electron chi connectivity index (χ4n) is 0.679. The first-order valence-corrected chi connectivity index (χ1v) is 5.66. The lowest BCUT2D eigenvalue weighted by Crippen LogP contribution is -2.37. The van der Waals surface area contributed by atoms with Crippen LogP contribution < -0.4 is 0 Å². The quantitative estimate of drug-likeness (QED) is 0.466. The summed E-state index contributed by atoms with van der Waals surface area (Å²) in [5, 5.41) is 18.8. The van der Waals surface area contributed by atoms with Crippen molar-refractivity contribution >= 4 is 34.8 Å². The monoisotopic (exact) mass is 288 g/mol. The van der Waals surface area contributed by atoms with Gasteiger partial charge in [-0.2, -0.15) is 0 Å². The van der Waals surface area contributed by atoms with E-state index in [0.29, 0.717) is 0 Å². The molecule has 16 heavy (non-hydrogen) atoms. The van der Waals surface area contributed by atoms with E-state index in [0.717, 1.165) is 0 Å². The average Bonchev–Trinajstić information content (AvgIpc) is 1.97. The van der Waals surface area contributed by atoms with Gasteiger partial charge in [-0.05, 0) is 27.7 Å². The lowest BCUT2D eigenvalue weighted by molar-refractivity contribution is -0.147. The van der Waals surface area contributed by atoms with Gasteiger partial charge in [0.25, 0.3) is 0 Å². The molecular weight excluding hydrogens is 274 g/mol. The summed E-state index contributed by atoms with van der Waals surface area (Å²) in [6.07, 6.45) is -1.59. The molecule has 0 amide bonds. The summed E-state index contributed by atoms with van der Waals surface area (Å²) in [5.74, 6) is 5.20. The fourth-order valence-corrected chi connectivity index (χ4v) is 0.812. The first-order chi connectivity index (χ1) is 6.83. The molecule has 94 valence electrons. The van der Waals surface area contributed by atoms with Crippen molar-refractivity contribution in [1.29, 1.82) is 0 Å². The smallest absolute Gasteiger partial charge is 0.240 e. The number of hydrogen-bond acceptors (Lipinski definition) is 3. The third-order valence-electron chi connectivity index (χ3n) is 1.36. The molecule has 0 aliphatic rings. The topological polar surface area (TPSA) is 49.7 Å². The Balaban J connectivity index is 4.63. The van der Waals surface area contributed by atoms with Gasteiger partial charge in [-0.3, -0.25) is 0 Å². The van der Waals surface area contributed by atoms with E-state index in [1.165, 1.54) is 13.8 Å². The van der Waals surface area contributed by atoms with Crippen LogP contribution >= 0.6 is 34.8 Å². The molecule has 0 bridgehead atoms. The molecule has 0 heterocycles. The molecule has 0 aliphatic heterocycles. The van der Waals surface area contributed by atoms with Gasteiger partial charge in [0.05, 0.1) is 0 Å². The fraction of sp³-hybridized carbons (Fsp3) is 0.800. The SMILES string of the molecule is CC(C)(O)C#CC(C)(C)O[C@@H](O)C(Cl)(Cl)Cl. The molecule has 0 saturated heterocycles. The number of hydrogen-bond donors (Lipinski definition) is 2. The van der Waals surface area contributed by atoms with Crippen LogP contribution in [0.2, 0.25) is 0 Å². The third kappa shape index (κ3) is 7.56. The van der Waals surface area contributed by atoms with Crippen molar-refractivity contribution < 1.29 is 14.9 Å². The van der Waals surface area contributed by atoms with Gasteiger partial charge in [0.15, 0.2) is 0 Å². The van der Waals surface area contributed by atoms with Gasteiger partial charge in [0, 0.05) is 0 Å². The molecule has 0 aliphatic carbocycles. The molecule has 0 aromatic heterocycles. The van der Waals surface area contributed by atoms with Crippen LogP contribution in [-0.4, -0.2) is 31.5 Å². The Bertz CT molecular complexity index is 291. The van der Waals surface area contributed by atoms with Gasteiger partial charge in [-0.25, -0.2) is 0 Å². The number of ether oxygens (including phenoxy) is 1. The molecule has 2 N–H and O–H groups in total. The second-order valence-electron chi connectivity index (χ2n) is 4.33. The molecular formula is C10H15Cl3O3. The van der Waals surface area contributed by atoms with Crippen molar-refractivity contribution in [2.24, 2.45) is 0 Å². The van der Waals surface area contributed by atoms with Crippen LogP contribution in [0.15, 0.2) is 0 Å². The van der Waals surface area contributed by atoms with Crippen molar-refractivity contribution in [2.75, 3.05) is 0 Å². The Morgan fingerprint density at radius 1 is 1.06 bits per heavy atom. The van der Waals surface area contributed by atoms with E-state index in [4.69, 9.17) is 39.5 Å². The summed E-state index contributed by atoms with van der Waals surface area (Å²) in [6, 6.07) is 0. The van der Waals surface area contributed by atoms with E-state index >= 15 is 0 Å². The molecule has 0 radical (unpaired) electrons. The van der Waals surface area contributed by atoms with Crippen LogP contribution in [0.5, 0.6) is 0 Å². The predicted octanol–water partition coefficient (Wildman–Crippen LogP) is 2.24. The second-order valence-corrected chi connectivity index (χ2v) is 6.70. The molecule has 1 atom stereocenters. The zero-order valence-corrected chi connectivity index (χ0v) is 11.8. The minimum absolute atomic E-state index is 1.04. The Kier molecular flexibility index (Phi) is 5.41. The molecule has 0 aromatic rings. The summed E-state index contributed by atoms with van der Waals surface area (Å²) in [6.45, 7) is 6.24. The summed E-state index contributed by atoms with van der Waals surface area (Å²) in [5.41, 5.74) is -2.19. The van der Waals surface area contributed by atoms with Gasteiger partial charge in [-0.1, -0.05) is 46.6 Å². The molecule has 0 rings (SSSR count). The highest BCUT2D eigenvalue weighted by Gasteiger charge is 2.36. The van der Waals surface area contributed by atoms with E-state index in [2.05, 4.69) is 11.8 Å². The minimum atomic E-state index is -1.94. The zero-order chi connectivity index (χ0) is 13.2. The molecule has 0 fully saturated rings. The molecule has 6 heteroatoms. The lowest BCUT2D eigenvalue weighted by atomic mass is 10.1. The van der Waals surface area contributed by atoms with Crippen molar-refractivity contribution in [3.63, 3.8) is 0 Å². The highest BCUT2D eigenvalue weighted by atomic mass is 35.6. The van der Waals surface area contributed by atoms with Crippen LogP contribution in [0.25, 0.3) is 0 Å². The second kappa shape index (κ2) is 5.30. The van der Waals surface area contributed by atoms with Crippen LogP contribution in [0.1, 0.15) is 27.7 Å². The Hall–Kier alpha value is 0.310. The number of rotatable bonds is 2. The van der Waals surface area contributed by atoms with Crippen LogP contribution in [0.4, 0.5) is 0 Å². The van der Waals surface area contributed by atoms with E-state index in [1.54, 1.807) is 13.8 Å². The molecule has 3 nitrogen and oxygen atoms in total. The van der Waals surface area contributed by atoms with Gasteiger partial charge < -0.3 is 14.9 Å². The maximum Gasteiger partial charge on any atom is 0.240 e. The number of aliphatic hydroxyl groups is 2. The maximum atomic E-state index is 9.41. The third-order valence-corrected chi connectivity index (χ3v) is 1.92.